The average Bonchev–Trinajstić information content (AvgIpc) is 2.63. The normalized spacial score (nSPS) is 31.1. The van der Waals surface area contributed by atoms with E-state index in [0.29, 0.717) is 12.2 Å². The van der Waals surface area contributed by atoms with Crippen LogP contribution in [0.3, 0.4) is 0 Å². The standard InChI is InChI=1S/C23H30ClF3N2O/c1-13(2)20(29-19-4-3-17(8-18(19)24)23(25,26)27)21(30)28-12-22-9-14-5-15(10-22)7-16(6-14)11-22/h3-4,8,13-16,20,29H,5-7,9-12H2,1-2H3,(H,28,30)/t14?,15?,16?,20-,22?/m0/s1. The number of carbonyl (C=O) groups excluding carboxylic acids is 1. The largest absolute Gasteiger partial charge is 0.416 e. The first kappa shape index (κ1) is 21.8. The topological polar surface area (TPSA) is 41.1 Å². The fourth-order valence-electron chi connectivity index (χ4n) is 6.40. The van der Waals surface area contributed by atoms with Crippen molar-refractivity contribution < 1.29 is 18.0 Å². The van der Waals surface area contributed by atoms with E-state index < -0.39 is 17.8 Å². The molecule has 2 N–H and O–H groups in total. The Morgan fingerprint density at radius 1 is 1.13 bits per heavy atom. The van der Waals surface area contributed by atoms with E-state index in [1.54, 1.807) is 0 Å². The van der Waals surface area contributed by atoms with Crippen molar-refractivity contribution in [3.8, 4) is 0 Å². The molecule has 0 aliphatic heterocycles. The van der Waals surface area contributed by atoms with Gasteiger partial charge in [-0.2, -0.15) is 13.2 Å². The molecular formula is C23H30ClF3N2O. The maximum Gasteiger partial charge on any atom is 0.416 e. The first-order valence-electron chi connectivity index (χ1n) is 11.0. The molecule has 0 aromatic heterocycles. The second-order valence-corrected chi connectivity index (χ2v) is 10.6. The van der Waals surface area contributed by atoms with Gasteiger partial charge in [0.25, 0.3) is 0 Å². The number of alkyl halides is 3. The highest BCUT2D eigenvalue weighted by Gasteiger charge is 2.50. The molecule has 4 aliphatic carbocycles. The summed E-state index contributed by atoms with van der Waals surface area (Å²) in [5.41, 5.74) is -0.225. The average molecular weight is 443 g/mol. The monoisotopic (exact) mass is 442 g/mol. The van der Waals surface area contributed by atoms with Crippen LogP contribution in [0.4, 0.5) is 18.9 Å². The molecule has 1 aromatic rings. The van der Waals surface area contributed by atoms with Crippen molar-refractivity contribution in [1.29, 1.82) is 0 Å². The second-order valence-electron chi connectivity index (χ2n) is 10.2. The molecule has 4 bridgehead atoms. The van der Waals surface area contributed by atoms with Gasteiger partial charge in [-0.15, -0.1) is 0 Å². The number of rotatable bonds is 6. The Hall–Kier alpha value is -1.43. The van der Waals surface area contributed by atoms with E-state index in [-0.39, 0.29) is 22.3 Å². The smallest absolute Gasteiger partial charge is 0.372 e. The Labute approximate surface area is 181 Å². The van der Waals surface area contributed by atoms with Crippen LogP contribution in [-0.4, -0.2) is 18.5 Å². The van der Waals surface area contributed by atoms with E-state index in [9.17, 15) is 18.0 Å². The number of nitrogens with one attached hydrogen (secondary N) is 2. The van der Waals surface area contributed by atoms with Crippen molar-refractivity contribution >= 4 is 23.2 Å². The van der Waals surface area contributed by atoms with Gasteiger partial charge < -0.3 is 10.6 Å². The molecule has 0 radical (unpaired) electrons. The van der Waals surface area contributed by atoms with Crippen LogP contribution in [0.5, 0.6) is 0 Å². The number of benzene rings is 1. The van der Waals surface area contributed by atoms with E-state index in [1.807, 2.05) is 13.8 Å². The Kier molecular flexibility index (Phi) is 5.75. The number of amides is 1. The van der Waals surface area contributed by atoms with Crippen molar-refractivity contribution in [3.05, 3.63) is 28.8 Å². The lowest BCUT2D eigenvalue weighted by Gasteiger charge is -2.57. The third-order valence-electron chi connectivity index (χ3n) is 7.36. The molecule has 0 saturated heterocycles. The molecule has 4 aliphatic rings. The minimum absolute atomic E-state index is 0.0376. The van der Waals surface area contributed by atoms with Gasteiger partial charge in [-0.3, -0.25) is 4.79 Å². The summed E-state index contributed by atoms with van der Waals surface area (Å²) in [5, 5.41) is 6.21. The highest BCUT2D eigenvalue weighted by Crippen LogP contribution is 2.59. The molecule has 0 spiro atoms. The molecule has 1 aromatic carbocycles. The van der Waals surface area contributed by atoms with Crippen LogP contribution in [0.2, 0.25) is 5.02 Å². The summed E-state index contributed by atoms with van der Waals surface area (Å²) in [6.45, 7) is 4.53. The molecule has 166 valence electrons. The van der Waals surface area contributed by atoms with Gasteiger partial charge in [-0.05, 0) is 85.8 Å². The van der Waals surface area contributed by atoms with Gasteiger partial charge >= 0.3 is 6.18 Å². The lowest BCUT2D eigenvalue weighted by atomic mass is 9.49. The Bertz CT molecular complexity index is 773. The first-order valence-corrected chi connectivity index (χ1v) is 11.3. The van der Waals surface area contributed by atoms with E-state index in [4.69, 9.17) is 11.6 Å². The molecular weight excluding hydrogens is 413 g/mol. The molecule has 4 fully saturated rings. The summed E-state index contributed by atoms with van der Waals surface area (Å²) in [7, 11) is 0. The molecule has 7 heteroatoms. The molecule has 30 heavy (non-hydrogen) atoms. The van der Waals surface area contributed by atoms with Gasteiger partial charge in [0.15, 0.2) is 0 Å². The highest BCUT2D eigenvalue weighted by atomic mass is 35.5. The van der Waals surface area contributed by atoms with Crippen LogP contribution < -0.4 is 10.6 Å². The predicted molar refractivity (Wildman–Crippen MR) is 112 cm³/mol. The first-order chi connectivity index (χ1) is 14.0. The summed E-state index contributed by atoms with van der Waals surface area (Å²) in [5.74, 6) is 2.30. The van der Waals surface area contributed by atoms with Crippen LogP contribution in [0.25, 0.3) is 0 Å². The van der Waals surface area contributed by atoms with Gasteiger partial charge in [-0.1, -0.05) is 25.4 Å². The van der Waals surface area contributed by atoms with Gasteiger partial charge in [0.05, 0.1) is 16.3 Å². The second kappa shape index (κ2) is 7.92. The molecule has 3 nitrogen and oxygen atoms in total. The number of hydrogen-bond acceptors (Lipinski definition) is 2. The van der Waals surface area contributed by atoms with Crippen molar-refractivity contribution in [2.75, 3.05) is 11.9 Å². The summed E-state index contributed by atoms with van der Waals surface area (Å²) in [6.07, 6.45) is 3.26. The number of halogens is 4. The van der Waals surface area contributed by atoms with E-state index in [1.165, 1.54) is 44.6 Å². The van der Waals surface area contributed by atoms with E-state index >= 15 is 0 Å². The maximum atomic E-state index is 13.0. The van der Waals surface area contributed by atoms with Crippen molar-refractivity contribution in [1.82, 2.24) is 5.32 Å². The predicted octanol–water partition coefficient (Wildman–Crippen LogP) is 6.13. The maximum absolute atomic E-state index is 13.0. The fourth-order valence-corrected chi connectivity index (χ4v) is 6.64. The van der Waals surface area contributed by atoms with Crippen LogP contribution in [-0.2, 0) is 11.0 Å². The zero-order valence-corrected chi connectivity index (χ0v) is 18.2. The Morgan fingerprint density at radius 3 is 2.17 bits per heavy atom. The molecule has 5 rings (SSSR count). The van der Waals surface area contributed by atoms with Gasteiger partial charge in [0.1, 0.15) is 6.04 Å². The summed E-state index contributed by atoms with van der Waals surface area (Å²) >= 11 is 6.08. The van der Waals surface area contributed by atoms with Gasteiger partial charge in [0, 0.05) is 6.54 Å². The molecule has 0 heterocycles. The van der Waals surface area contributed by atoms with Crippen molar-refractivity contribution in [3.63, 3.8) is 0 Å². The molecule has 0 unspecified atom stereocenters. The van der Waals surface area contributed by atoms with Gasteiger partial charge in [0.2, 0.25) is 5.91 Å². The SMILES string of the molecule is CC(C)[C@H](Nc1ccc(C(F)(F)F)cc1Cl)C(=O)NCC12CC3CC(CC(C3)C1)C2. The lowest BCUT2D eigenvalue weighted by Crippen LogP contribution is -2.53. The number of anilines is 1. The Balaban J connectivity index is 1.41. The molecule has 4 saturated carbocycles. The minimum Gasteiger partial charge on any atom is -0.372 e. The number of hydrogen-bond donors (Lipinski definition) is 2. The Morgan fingerprint density at radius 2 is 1.70 bits per heavy atom. The lowest BCUT2D eigenvalue weighted by molar-refractivity contribution is -0.137. The summed E-state index contributed by atoms with van der Waals surface area (Å²) < 4.78 is 38.7. The summed E-state index contributed by atoms with van der Waals surface area (Å²) in [4.78, 5) is 13.0. The van der Waals surface area contributed by atoms with Gasteiger partial charge in [-0.25, -0.2) is 0 Å². The van der Waals surface area contributed by atoms with Crippen LogP contribution in [0, 0.1) is 29.1 Å². The zero-order chi connectivity index (χ0) is 21.7. The van der Waals surface area contributed by atoms with Crippen molar-refractivity contribution in [2.24, 2.45) is 29.1 Å². The number of carbonyl (C=O) groups is 1. The summed E-state index contributed by atoms with van der Waals surface area (Å²) in [6, 6.07) is 2.62. The quantitative estimate of drug-likeness (QED) is 0.556. The third-order valence-corrected chi connectivity index (χ3v) is 7.67. The third kappa shape index (κ3) is 4.44. The van der Waals surface area contributed by atoms with Crippen molar-refractivity contribution in [2.45, 2.75) is 64.6 Å². The van der Waals surface area contributed by atoms with Crippen LogP contribution in [0.1, 0.15) is 57.9 Å². The molecule has 1 amide bonds. The zero-order valence-electron chi connectivity index (χ0n) is 17.5. The van der Waals surface area contributed by atoms with Crippen LogP contribution >= 0.6 is 11.6 Å². The fraction of sp³-hybridized carbons (Fsp3) is 0.696. The van der Waals surface area contributed by atoms with E-state index in [2.05, 4.69) is 10.6 Å². The van der Waals surface area contributed by atoms with Crippen LogP contribution in [0.15, 0.2) is 18.2 Å². The molecule has 1 atom stereocenters. The van der Waals surface area contributed by atoms with E-state index in [0.717, 1.165) is 29.9 Å². The highest BCUT2D eigenvalue weighted by molar-refractivity contribution is 6.33. The minimum atomic E-state index is -4.45.